The molecule has 0 amide bonds. The van der Waals surface area contributed by atoms with Crippen molar-refractivity contribution in [3.8, 4) is 5.75 Å². The van der Waals surface area contributed by atoms with Crippen molar-refractivity contribution in [1.82, 2.24) is 4.72 Å². The summed E-state index contributed by atoms with van der Waals surface area (Å²) in [6, 6.07) is 7.23. The molecule has 1 N–H and O–H groups in total. The Morgan fingerprint density at radius 1 is 0.947 bits per heavy atom. The molecule has 3 atom stereocenters. The fraction of sp³-hybridized carbons (Fsp3) is 0.767. The number of esters is 1. The predicted octanol–water partition coefficient (Wildman–Crippen LogP) is 7.40. The largest absolute Gasteiger partial charge is 0.497 e. The third-order valence-electron chi connectivity index (χ3n) is 7.36. The topological polar surface area (TPSA) is 73.9 Å². The standard InChI is InChI=1S/C30H55NO5SSi/c1-21(2)19-28(31-37(33)30(9,10)11)27(17-18-36-38(22(3)4,23(5)6)24(7)8)29(32)35-20-25-13-15-26(34-12)16-14-25/h13-16,21-24,27-28,31H,17-20H2,1-12H3/t27-,28+,37+/m0/s1. The summed E-state index contributed by atoms with van der Waals surface area (Å²) in [5.41, 5.74) is 2.27. The molecular formula is C30H55NO5SSi. The Balaban J connectivity index is 3.22. The maximum Gasteiger partial charge on any atom is 0.310 e. The van der Waals surface area contributed by atoms with Crippen molar-refractivity contribution in [2.45, 2.75) is 123 Å². The Morgan fingerprint density at radius 2 is 1.47 bits per heavy atom. The number of nitrogens with one attached hydrogen (secondary N) is 1. The van der Waals surface area contributed by atoms with Gasteiger partial charge in [-0.3, -0.25) is 4.79 Å². The Hall–Kier alpha value is -1.22. The Labute approximate surface area is 236 Å². The van der Waals surface area contributed by atoms with Crippen LogP contribution in [0.15, 0.2) is 24.3 Å². The average molecular weight is 570 g/mol. The van der Waals surface area contributed by atoms with Crippen LogP contribution in [0.3, 0.4) is 0 Å². The quantitative estimate of drug-likeness (QED) is 0.166. The summed E-state index contributed by atoms with van der Waals surface area (Å²) < 4.78 is 33.9. The molecule has 0 bridgehead atoms. The molecule has 38 heavy (non-hydrogen) atoms. The first-order chi connectivity index (χ1) is 17.6. The van der Waals surface area contributed by atoms with Crippen LogP contribution in [0.4, 0.5) is 0 Å². The highest BCUT2D eigenvalue weighted by Gasteiger charge is 2.45. The first-order valence-electron chi connectivity index (χ1n) is 14.2. The Bertz CT molecular complexity index is 843. The minimum atomic E-state index is -2.08. The molecule has 6 nitrogen and oxygen atoms in total. The van der Waals surface area contributed by atoms with Gasteiger partial charge in [-0.2, -0.15) is 0 Å². The summed E-state index contributed by atoms with van der Waals surface area (Å²) in [4.78, 5) is 13.6. The van der Waals surface area contributed by atoms with Crippen molar-refractivity contribution >= 4 is 25.3 Å². The van der Waals surface area contributed by atoms with E-state index in [1.54, 1.807) is 7.11 Å². The van der Waals surface area contributed by atoms with E-state index in [2.05, 4.69) is 60.1 Å². The van der Waals surface area contributed by atoms with Crippen molar-refractivity contribution in [3.63, 3.8) is 0 Å². The summed E-state index contributed by atoms with van der Waals surface area (Å²) in [6.07, 6.45) is 1.24. The summed E-state index contributed by atoms with van der Waals surface area (Å²) >= 11 is 0. The van der Waals surface area contributed by atoms with Gasteiger partial charge in [0, 0.05) is 12.6 Å². The van der Waals surface area contributed by atoms with E-state index in [-0.39, 0.29) is 18.6 Å². The number of carbonyl (C=O) groups is 1. The number of carbonyl (C=O) groups excluding carboxylic acids is 1. The van der Waals surface area contributed by atoms with E-state index < -0.39 is 30.0 Å². The smallest absolute Gasteiger partial charge is 0.310 e. The number of hydrogen-bond acceptors (Lipinski definition) is 5. The molecule has 0 aliphatic heterocycles. The van der Waals surface area contributed by atoms with Gasteiger partial charge in [-0.05, 0) is 73.9 Å². The third kappa shape index (κ3) is 10.1. The fourth-order valence-electron chi connectivity index (χ4n) is 5.45. The van der Waals surface area contributed by atoms with Crippen LogP contribution in [-0.2, 0) is 31.5 Å². The van der Waals surface area contributed by atoms with Gasteiger partial charge in [-0.15, -0.1) is 0 Å². The molecule has 0 aliphatic rings. The molecule has 0 spiro atoms. The van der Waals surface area contributed by atoms with Gasteiger partial charge < -0.3 is 13.9 Å². The Morgan fingerprint density at radius 3 is 1.89 bits per heavy atom. The molecule has 1 aromatic carbocycles. The predicted molar refractivity (Wildman–Crippen MR) is 162 cm³/mol. The molecule has 0 saturated carbocycles. The molecule has 0 radical (unpaired) electrons. The molecule has 1 aromatic rings. The number of ether oxygens (including phenoxy) is 2. The molecule has 0 heterocycles. The summed E-state index contributed by atoms with van der Waals surface area (Å²) in [6.45, 7) is 24.3. The number of methoxy groups -OCH3 is 1. The second-order valence-electron chi connectivity index (χ2n) is 12.8. The van der Waals surface area contributed by atoms with Gasteiger partial charge in [0.2, 0.25) is 0 Å². The average Bonchev–Trinajstić information content (AvgIpc) is 2.81. The molecule has 220 valence electrons. The van der Waals surface area contributed by atoms with E-state index >= 15 is 0 Å². The van der Waals surface area contributed by atoms with Crippen molar-refractivity contribution in [1.29, 1.82) is 0 Å². The van der Waals surface area contributed by atoms with E-state index in [1.807, 2.05) is 45.0 Å². The lowest BCUT2D eigenvalue weighted by Gasteiger charge is -2.42. The lowest BCUT2D eigenvalue weighted by Crippen LogP contribution is -2.49. The van der Waals surface area contributed by atoms with Gasteiger partial charge in [0.25, 0.3) is 0 Å². The molecule has 8 heteroatoms. The summed E-state index contributed by atoms with van der Waals surface area (Å²) in [7, 11) is -1.77. The molecule has 0 fully saturated rings. The zero-order valence-corrected chi connectivity index (χ0v) is 27.9. The van der Waals surface area contributed by atoms with Gasteiger partial charge in [0.15, 0.2) is 8.32 Å². The third-order valence-corrected chi connectivity index (χ3v) is 15.1. The molecule has 0 aliphatic carbocycles. The SMILES string of the molecule is COc1ccc(COC(=O)[C@@H](CCO[Si](C(C)C)(C(C)C)C(C)C)[C@@H](CC(C)C)N[S@](=O)C(C)(C)C)cc1. The van der Waals surface area contributed by atoms with E-state index in [4.69, 9.17) is 13.9 Å². The zero-order valence-electron chi connectivity index (χ0n) is 26.1. The number of benzene rings is 1. The maximum atomic E-state index is 13.6. The van der Waals surface area contributed by atoms with Crippen LogP contribution in [0.2, 0.25) is 16.6 Å². The van der Waals surface area contributed by atoms with Crippen molar-refractivity contribution < 1.29 is 22.9 Å². The van der Waals surface area contributed by atoms with Crippen molar-refractivity contribution in [3.05, 3.63) is 29.8 Å². The fourth-order valence-corrected chi connectivity index (χ4v) is 11.8. The Kier molecular flexibility index (Phi) is 14.2. The van der Waals surface area contributed by atoms with Gasteiger partial charge >= 0.3 is 5.97 Å². The van der Waals surface area contributed by atoms with Crippen molar-refractivity contribution in [2.24, 2.45) is 11.8 Å². The molecule has 0 aromatic heterocycles. The van der Waals surface area contributed by atoms with Gasteiger partial charge in [-0.1, -0.05) is 67.5 Å². The van der Waals surface area contributed by atoms with Gasteiger partial charge in [-0.25, -0.2) is 8.93 Å². The minimum Gasteiger partial charge on any atom is -0.497 e. The van der Waals surface area contributed by atoms with Crippen LogP contribution < -0.4 is 9.46 Å². The monoisotopic (exact) mass is 569 g/mol. The highest BCUT2D eigenvalue weighted by molar-refractivity contribution is 7.84. The lowest BCUT2D eigenvalue weighted by atomic mass is 9.90. The van der Waals surface area contributed by atoms with Gasteiger partial charge in [0.05, 0.1) is 28.8 Å². The molecule has 1 rings (SSSR count). The van der Waals surface area contributed by atoms with Gasteiger partial charge in [0.1, 0.15) is 12.4 Å². The van der Waals surface area contributed by atoms with Crippen molar-refractivity contribution in [2.75, 3.05) is 13.7 Å². The highest BCUT2D eigenvalue weighted by Crippen LogP contribution is 2.42. The van der Waals surface area contributed by atoms with Crippen LogP contribution in [0.1, 0.15) is 94.6 Å². The van der Waals surface area contributed by atoms with Crippen LogP contribution >= 0.6 is 0 Å². The number of rotatable bonds is 16. The van der Waals surface area contributed by atoms with Crippen LogP contribution in [-0.4, -0.2) is 43.0 Å². The highest BCUT2D eigenvalue weighted by atomic mass is 32.2. The maximum absolute atomic E-state index is 13.6. The first-order valence-corrected chi connectivity index (χ1v) is 17.5. The summed E-state index contributed by atoms with van der Waals surface area (Å²) in [5.74, 6) is 0.325. The lowest BCUT2D eigenvalue weighted by molar-refractivity contribution is -0.151. The van der Waals surface area contributed by atoms with E-state index in [9.17, 15) is 9.00 Å². The minimum absolute atomic E-state index is 0.180. The molecule has 0 saturated heterocycles. The van der Waals surface area contributed by atoms with E-state index in [0.29, 0.717) is 42.0 Å². The number of hydrogen-bond donors (Lipinski definition) is 1. The van der Waals surface area contributed by atoms with E-state index in [1.165, 1.54) is 0 Å². The zero-order chi connectivity index (χ0) is 29.3. The molecule has 0 unspecified atom stereocenters. The summed E-state index contributed by atoms with van der Waals surface area (Å²) in [5, 5.41) is 0. The molecular weight excluding hydrogens is 514 g/mol. The van der Waals surface area contributed by atoms with Crippen LogP contribution in [0.25, 0.3) is 0 Å². The van der Waals surface area contributed by atoms with Crippen LogP contribution in [0, 0.1) is 11.8 Å². The first kappa shape index (κ1) is 34.8. The van der Waals surface area contributed by atoms with Crippen LogP contribution in [0.5, 0.6) is 5.75 Å². The second kappa shape index (κ2) is 15.5. The van der Waals surface area contributed by atoms with E-state index in [0.717, 1.165) is 11.3 Å². The second-order valence-corrected chi connectivity index (χ2v) is 20.2. The normalized spacial score (nSPS) is 15.3.